The fourth-order valence-corrected chi connectivity index (χ4v) is 2.49. The minimum absolute atomic E-state index is 0.0621. The molecule has 0 spiro atoms. The van der Waals surface area contributed by atoms with Gasteiger partial charge in [0.2, 0.25) is 0 Å². The molecular formula is C15H18N4O3S. The zero-order valence-electron chi connectivity index (χ0n) is 13.2. The van der Waals surface area contributed by atoms with E-state index in [0.717, 1.165) is 12.8 Å². The Hall–Kier alpha value is -2.09. The minimum Gasteiger partial charge on any atom is -0.443 e. The highest BCUT2D eigenvalue weighted by Gasteiger charge is 2.38. The fourth-order valence-electron chi connectivity index (χ4n) is 2.28. The molecule has 1 saturated carbocycles. The van der Waals surface area contributed by atoms with Gasteiger partial charge < -0.3 is 4.74 Å². The van der Waals surface area contributed by atoms with Crippen molar-refractivity contribution in [2.75, 3.05) is 4.90 Å². The maximum atomic E-state index is 12.6. The number of rotatable bonds is 3. The van der Waals surface area contributed by atoms with E-state index in [2.05, 4.69) is 22.7 Å². The number of hydrogen-bond donors (Lipinski definition) is 1. The summed E-state index contributed by atoms with van der Waals surface area (Å²) in [5, 5.41) is 4.59. The molecule has 8 heteroatoms. The van der Waals surface area contributed by atoms with Crippen molar-refractivity contribution in [3.05, 3.63) is 17.8 Å². The van der Waals surface area contributed by atoms with Crippen LogP contribution in [0.3, 0.4) is 0 Å². The first-order valence-corrected chi connectivity index (χ1v) is 7.80. The average Bonchev–Trinajstić information content (AvgIpc) is 3.16. The third-order valence-electron chi connectivity index (χ3n) is 3.34. The molecule has 3 rings (SSSR count). The second-order valence-corrected chi connectivity index (χ2v) is 6.97. The maximum Gasteiger partial charge on any atom is 0.416 e. The minimum atomic E-state index is -0.599. The van der Waals surface area contributed by atoms with Crippen molar-refractivity contribution in [2.24, 2.45) is 0 Å². The van der Waals surface area contributed by atoms with E-state index in [4.69, 9.17) is 4.74 Å². The Morgan fingerprint density at radius 2 is 2.17 bits per heavy atom. The molecule has 7 nitrogen and oxygen atoms in total. The van der Waals surface area contributed by atoms with Crippen LogP contribution < -0.4 is 4.90 Å². The zero-order valence-corrected chi connectivity index (χ0v) is 14.1. The highest BCUT2D eigenvalue weighted by molar-refractivity contribution is 7.80. The molecule has 1 aliphatic rings. The van der Waals surface area contributed by atoms with E-state index in [9.17, 15) is 9.59 Å². The molecule has 0 N–H and O–H groups in total. The number of thiol groups is 1. The van der Waals surface area contributed by atoms with Crippen molar-refractivity contribution in [1.29, 1.82) is 0 Å². The first-order valence-electron chi connectivity index (χ1n) is 7.35. The molecule has 0 aromatic carbocycles. The smallest absolute Gasteiger partial charge is 0.416 e. The van der Waals surface area contributed by atoms with Crippen LogP contribution in [0.2, 0.25) is 0 Å². The van der Waals surface area contributed by atoms with Gasteiger partial charge in [-0.15, -0.1) is 12.6 Å². The summed E-state index contributed by atoms with van der Waals surface area (Å²) in [4.78, 5) is 29.5. The summed E-state index contributed by atoms with van der Waals surface area (Å²) in [6.07, 6.45) is 3.45. The Labute approximate surface area is 139 Å². The van der Waals surface area contributed by atoms with Crippen LogP contribution in [0.5, 0.6) is 0 Å². The van der Waals surface area contributed by atoms with E-state index in [1.54, 1.807) is 11.0 Å². The summed E-state index contributed by atoms with van der Waals surface area (Å²) in [5.74, 6) is 0.504. The number of nitrogens with zero attached hydrogens (tertiary/aromatic N) is 4. The van der Waals surface area contributed by atoms with Crippen molar-refractivity contribution in [2.45, 2.75) is 50.3 Å². The van der Waals surface area contributed by atoms with E-state index in [1.165, 1.54) is 10.7 Å². The Balaban J connectivity index is 2.10. The summed E-state index contributed by atoms with van der Waals surface area (Å²) >= 11 is 4.28. The topological polar surface area (TPSA) is 76.8 Å². The molecule has 0 radical (unpaired) electrons. The van der Waals surface area contributed by atoms with Crippen LogP contribution in [-0.2, 0) is 4.74 Å². The van der Waals surface area contributed by atoms with Gasteiger partial charge in [-0.3, -0.25) is 9.69 Å². The normalized spacial score (nSPS) is 14.8. The SMILES string of the molecule is CC(C)(C)OC(=O)N(c1cc(S)nc2c(C=O)cnn12)C1CC1. The van der Waals surface area contributed by atoms with Crippen LogP contribution in [0.25, 0.3) is 5.65 Å². The van der Waals surface area contributed by atoms with Gasteiger partial charge in [-0.25, -0.2) is 9.78 Å². The lowest BCUT2D eigenvalue weighted by Gasteiger charge is -2.27. The van der Waals surface area contributed by atoms with Gasteiger partial charge in [-0.05, 0) is 33.6 Å². The predicted octanol–water partition coefficient (Wildman–Crippen LogP) is 2.73. The first kappa shape index (κ1) is 15.8. The number of hydrogen-bond acceptors (Lipinski definition) is 6. The van der Waals surface area contributed by atoms with Crippen molar-refractivity contribution in [3.8, 4) is 0 Å². The lowest BCUT2D eigenvalue weighted by Crippen LogP contribution is -2.39. The monoisotopic (exact) mass is 334 g/mol. The summed E-state index contributed by atoms with van der Waals surface area (Å²) in [7, 11) is 0. The zero-order chi connectivity index (χ0) is 16.8. The number of aldehydes is 1. The number of ether oxygens (including phenoxy) is 1. The van der Waals surface area contributed by atoms with Crippen LogP contribution >= 0.6 is 12.6 Å². The Morgan fingerprint density at radius 1 is 1.48 bits per heavy atom. The van der Waals surface area contributed by atoms with Crippen LogP contribution in [0.4, 0.5) is 10.6 Å². The molecule has 23 heavy (non-hydrogen) atoms. The highest BCUT2D eigenvalue weighted by atomic mass is 32.1. The van der Waals surface area contributed by atoms with Crippen molar-refractivity contribution >= 4 is 36.5 Å². The molecule has 1 amide bonds. The average molecular weight is 334 g/mol. The highest BCUT2D eigenvalue weighted by Crippen LogP contribution is 2.34. The molecule has 1 aliphatic carbocycles. The standard InChI is InChI=1S/C15H18N4O3S/c1-15(2,3)22-14(21)18(10-4-5-10)12-6-11(23)17-13-9(8-20)7-16-19(12)13/h6-8,10H,4-5H2,1-3H3,(H,17,23). The van der Waals surface area contributed by atoms with Crippen LogP contribution in [0, 0.1) is 0 Å². The Bertz CT molecular complexity index is 777. The van der Waals surface area contributed by atoms with Gasteiger partial charge >= 0.3 is 6.09 Å². The second-order valence-electron chi connectivity index (χ2n) is 6.51. The number of anilines is 1. The molecule has 0 atom stereocenters. The van der Waals surface area contributed by atoms with Gasteiger partial charge in [0.25, 0.3) is 0 Å². The van der Waals surface area contributed by atoms with E-state index in [1.807, 2.05) is 20.8 Å². The maximum absolute atomic E-state index is 12.6. The molecule has 1 fully saturated rings. The van der Waals surface area contributed by atoms with E-state index < -0.39 is 11.7 Å². The van der Waals surface area contributed by atoms with Crippen LogP contribution in [-0.4, -0.2) is 38.6 Å². The number of carbonyl (C=O) groups is 2. The molecular weight excluding hydrogens is 316 g/mol. The van der Waals surface area contributed by atoms with Crippen LogP contribution in [0.1, 0.15) is 44.0 Å². The number of carbonyl (C=O) groups excluding carboxylic acids is 2. The Kier molecular flexibility index (Phi) is 3.79. The summed E-state index contributed by atoms with van der Waals surface area (Å²) < 4.78 is 6.99. The molecule has 0 unspecified atom stereocenters. The van der Waals surface area contributed by atoms with Crippen molar-refractivity contribution in [3.63, 3.8) is 0 Å². The first-order chi connectivity index (χ1) is 10.8. The number of fused-ring (bicyclic) bond motifs is 1. The van der Waals surface area contributed by atoms with Crippen molar-refractivity contribution < 1.29 is 14.3 Å². The second kappa shape index (κ2) is 5.52. The van der Waals surface area contributed by atoms with Crippen molar-refractivity contribution in [1.82, 2.24) is 14.6 Å². The lowest BCUT2D eigenvalue weighted by molar-refractivity contribution is 0.0575. The van der Waals surface area contributed by atoms with Gasteiger partial charge in [-0.2, -0.15) is 9.61 Å². The Morgan fingerprint density at radius 3 is 2.74 bits per heavy atom. The van der Waals surface area contributed by atoms with Crippen LogP contribution in [0.15, 0.2) is 17.3 Å². The number of aromatic nitrogens is 3. The van der Waals surface area contributed by atoms with E-state index in [-0.39, 0.29) is 6.04 Å². The largest absolute Gasteiger partial charge is 0.443 e. The predicted molar refractivity (Wildman–Crippen MR) is 87.4 cm³/mol. The summed E-state index contributed by atoms with van der Waals surface area (Å²) in [6, 6.07) is 1.71. The molecule has 2 aromatic rings. The molecule has 122 valence electrons. The fraction of sp³-hybridized carbons (Fsp3) is 0.467. The van der Waals surface area contributed by atoms with E-state index >= 15 is 0 Å². The number of amides is 1. The lowest BCUT2D eigenvalue weighted by atomic mass is 10.2. The van der Waals surface area contributed by atoms with Gasteiger partial charge in [0, 0.05) is 12.1 Å². The van der Waals surface area contributed by atoms with Gasteiger partial charge in [0.05, 0.1) is 16.8 Å². The van der Waals surface area contributed by atoms with Gasteiger partial charge in [0.1, 0.15) is 11.4 Å². The van der Waals surface area contributed by atoms with Gasteiger partial charge in [0.15, 0.2) is 11.9 Å². The summed E-state index contributed by atoms with van der Waals surface area (Å²) in [5.41, 5.74) is 0.122. The molecule has 0 aliphatic heterocycles. The molecule has 0 saturated heterocycles. The van der Waals surface area contributed by atoms with E-state index in [0.29, 0.717) is 28.3 Å². The quantitative estimate of drug-likeness (QED) is 0.530. The summed E-state index contributed by atoms with van der Waals surface area (Å²) in [6.45, 7) is 5.46. The third kappa shape index (κ3) is 3.17. The van der Waals surface area contributed by atoms with Gasteiger partial charge in [-0.1, -0.05) is 0 Å². The molecule has 0 bridgehead atoms. The molecule has 2 heterocycles. The molecule has 2 aromatic heterocycles. The third-order valence-corrected chi connectivity index (χ3v) is 3.57.